The zero-order chi connectivity index (χ0) is 9.14. The fourth-order valence-electron chi connectivity index (χ4n) is 0.735. The Morgan fingerprint density at radius 2 is 2.17 bits per heavy atom. The van der Waals surface area contributed by atoms with Gasteiger partial charge in [-0.25, -0.2) is 8.78 Å². The molecule has 0 aliphatic carbocycles. The van der Waals surface area contributed by atoms with Crippen LogP contribution in [0.3, 0.4) is 0 Å². The van der Waals surface area contributed by atoms with Crippen LogP contribution in [0.2, 0.25) is 0 Å². The van der Waals surface area contributed by atoms with Crippen molar-refractivity contribution >= 4 is 15.9 Å². The topological polar surface area (TPSA) is 33.1 Å². The lowest BCUT2D eigenvalue weighted by Crippen LogP contribution is -2.10. The summed E-state index contributed by atoms with van der Waals surface area (Å²) in [6.07, 6.45) is -3.28. The largest absolute Gasteiger partial charge is 0.381 e. The fraction of sp³-hybridized carbons (Fsp3) is 0.286. The summed E-state index contributed by atoms with van der Waals surface area (Å²) in [5, 5.41) is 8.94. The average molecular weight is 238 g/mol. The Morgan fingerprint density at radius 3 is 2.67 bits per heavy atom. The number of aromatic nitrogens is 1. The summed E-state index contributed by atoms with van der Waals surface area (Å²) in [4.78, 5) is 3.62. The standard InChI is InChI=1S/C7H6BrF2NO/c8-4-2-1-3-11-5(4)6(12)7(9)10/h1-3,6-7,12H. The lowest BCUT2D eigenvalue weighted by molar-refractivity contribution is -0.00864. The molecule has 12 heavy (non-hydrogen) atoms. The predicted octanol–water partition coefficient (Wildman–Crippen LogP) is 2.14. The number of alkyl halides is 2. The molecule has 66 valence electrons. The summed E-state index contributed by atoms with van der Waals surface area (Å²) in [5.41, 5.74) is -0.0347. The number of rotatable bonds is 2. The van der Waals surface area contributed by atoms with Crippen molar-refractivity contribution in [3.05, 3.63) is 28.5 Å². The van der Waals surface area contributed by atoms with E-state index in [0.29, 0.717) is 4.47 Å². The molecular weight excluding hydrogens is 232 g/mol. The van der Waals surface area contributed by atoms with Gasteiger partial charge >= 0.3 is 0 Å². The van der Waals surface area contributed by atoms with Crippen molar-refractivity contribution in [3.8, 4) is 0 Å². The highest BCUT2D eigenvalue weighted by Gasteiger charge is 2.22. The maximum Gasteiger partial charge on any atom is 0.269 e. The maximum absolute atomic E-state index is 12.0. The molecule has 0 aliphatic rings. The number of aliphatic hydroxyl groups excluding tert-OH is 1. The zero-order valence-corrected chi connectivity index (χ0v) is 7.50. The molecule has 1 aromatic rings. The third kappa shape index (κ3) is 1.98. The molecule has 1 atom stereocenters. The van der Waals surface area contributed by atoms with Crippen LogP contribution in [0, 0.1) is 0 Å². The van der Waals surface area contributed by atoms with Gasteiger partial charge in [0.2, 0.25) is 0 Å². The molecule has 0 aliphatic heterocycles. The molecule has 1 N–H and O–H groups in total. The van der Waals surface area contributed by atoms with Crippen LogP contribution in [0.25, 0.3) is 0 Å². The van der Waals surface area contributed by atoms with E-state index in [2.05, 4.69) is 20.9 Å². The Hall–Kier alpha value is -0.550. The van der Waals surface area contributed by atoms with Crippen molar-refractivity contribution in [2.75, 3.05) is 0 Å². The summed E-state index contributed by atoms with van der Waals surface area (Å²) in [5.74, 6) is 0. The normalized spacial score (nSPS) is 13.4. The highest BCUT2D eigenvalue weighted by Crippen LogP contribution is 2.24. The molecule has 0 amide bonds. The van der Waals surface area contributed by atoms with E-state index in [1.165, 1.54) is 6.20 Å². The monoisotopic (exact) mass is 237 g/mol. The van der Waals surface area contributed by atoms with Crippen LogP contribution in [0.4, 0.5) is 8.78 Å². The lowest BCUT2D eigenvalue weighted by Gasteiger charge is -2.09. The fourth-order valence-corrected chi connectivity index (χ4v) is 1.22. The summed E-state index contributed by atoms with van der Waals surface area (Å²) < 4.78 is 24.4. The van der Waals surface area contributed by atoms with E-state index in [9.17, 15) is 8.78 Å². The van der Waals surface area contributed by atoms with E-state index in [0.717, 1.165) is 0 Å². The van der Waals surface area contributed by atoms with Crippen LogP contribution in [-0.2, 0) is 0 Å². The van der Waals surface area contributed by atoms with Gasteiger partial charge in [0.25, 0.3) is 6.43 Å². The number of hydrogen-bond acceptors (Lipinski definition) is 2. The highest BCUT2D eigenvalue weighted by atomic mass is 79.9. The first-order chi connectivity index (χ1) is 5.63. The van der Waals surface area contributed by atoms with Gasteiger partial charge in [0.05, 0.1) is 5.69 Å². The smallest absolute Gasteiger partial charge is 0.269 e. The molecule has 2 nitrogen and oxygen atoms in total. The van der Waals surface area contributed by atoms with Gasteiger partial charge < -0.3 is 5.11 Å². The third-order valence-corrected chi connectivity index (χ3v) is 1.98. The Labute approximate surface area is 76.4 Å². The van der Waals surface area contributed by atoms with E-state index in [4.69, 9.17) is 5.11 Å². The maximum atomic E-state index is 12.0. The van der Waals surface area contributed by atoms with Gasteiger partial charge in [-0.05, 0) is 28.1 Å². The Bertz CT molecular complexity index is 269. The zero-order valence-electron chi connectivity index (χ0n) is 5.92. The van der Waals surface area contributed by atoms with Crippen molar-refractivity contribution in [2.45, 2.75) is 12.5 Å². The van der Waals surface area contributed by atoms with Crippen molar-refractivity contribution in [2.24, 2.45) is 0 Å². The summed E-state index contributed by atoms with van der Waals surface area (Å²) >= 11 is 3.01. The van der Waals surface area contributed by atoms with Crippen molar-refractivity contribution in [3.63, 3.8) is 0 Å². The second-order valence-electron chi connectivity index (χ2n) is 2.15. The molecule has 0 bridgehead atoms. The molecule has 1 unspecified atom stereocenters. The Morgan fingerprint density at radius 1 is 1.50 bits per heavy atom. The minimum Gasteiger partial charge on any atom is -0.381 e. The molecule has 1 heterocycles. The van der Waals surface area contributed by atoms with Gasteiger partial charge in [0, 0.05) is 10.7 Å². The number of pyridine rings is 1. The number of nitrogens with zero attached hydrogens (tertiary/aromatic N) is 1. The van der Waals surface area contributed by atoms with Gasteiger partial charge in [-0.1, -0.05) is 0 Å². The van der Waals surface area contributed by atoms with E-state index < -0.39 is 12.5 Å². The van der Waals surface area contributed by atoms with E-state index in [1.807, 2.05) is 0 Å². The van der Waals surface area contributed by atoms with Gasteiger partial charge in [0.1, 0.15) is 0 Å². The number of hydrogen-bond donors (Lipinski definition) is 1. The van der Waals surface area contributed by atoms with Crippen LogP contribution >= 0.6 is 15.9 Å². The molecule has 1 aromatic heterocycles. The van der Waals surface area contributed by atoms with Gasteiger partial charge in [-0.15, -0.1) is 0 Å². The highest BCUT2D eigenvalue weighted by molar-refractivity contribution is 9.10. The molecule has 0 radical (unpaired) electrons. The van der Waals surface area contributed by atoms with E-state index in [-0.39, 0.29) is 5.69 Å². The second-order valence-corrected chi connectivity index (χ2v) is 3.00. The quantitative estimate of drug-likeness (QED) is 0.856. The van der Waals surface area contributed by atoms with Crippen LogP contribution < -0.4 is 0 Å². The van der Waals surface area contributed by atoms with Crippen LogP contribution in [0.1, 0.15) is 11.8 Å². The van der Waals surface area contributed by atoms with E-state index >= 15 is 0 Å². The summed E-state index contributed by atoms with van der Waals surface area (Å²) in [6.45, 7) is 0. The SMILES string of the molecule is OC(c1ncccc1Br)C(F)F. The molecular formula is C7H6BrF2NO. The molecule has 0 aromatic carbocycles. The van der Waals surface area contributed by atoms with Crippen molar-refractivity contribution in [1.29, 1.82) is 0 Å². The molecule has 0 fully saturated rings. The van der Waals surface area contributed by atoms with Gasteiger partial charge in [-0.2, -0.15) is 0 Å². The molecule has 0 spiro atoms. The van der Waals surface area contributed by atoms with Crippen LogP contribution in [0.15, 0.2) is 22.8 Å². The predicted molar refractivity (Wildman–Crippen MR) is 42.9 cm³/mol. The minimum atomic E-state index is -2.81. The molecule has 5 heteroatoms. The first-order valence-corrected chi connectivity index (χ1v) is 3.99. The molecule has 0 saturated heterocycles. The summed E-state index contributed by atoms with van der Waals surface area (Å²) in [6, 6.07) is 3.14. The van der Waals surface area contributed by atoms with Gasteiger partial charge in [0.15, 0.2) is 6.10 Å². The molecule has 1 rings (SSSR count). The lowest BCUT2D eigenvalue weighted by atomic mass is 10.2. The molecule has 0 saturated carbocycles. The Balaban J connectivity index is 2.94. The summed E-state index contributed by atoms with van der Waals surface area (Å²) in [7, 11) is 0. The number of halogens is 3. The van der Waals surface area contributed by atoms with Crippen LogP contribution in [-0.4, -0.2) is 16.5 Å². The third-order valence-electron chi connectivity index (χ3n) is 1.31. The van der Waals surface area contributed by atoms with Crippen LogP contribution in [0.5, 0.6) is 0 Å². The first-order valence-electron chi connectivity index (χ1n) is 3.19. The van der Waals surface area contributed by atoms with Gasteiger partial charge in [-0.3, -0.25) is 4.98 Å². The second kappa shape index (κ2) is 3.91. The minimum absolute atomic E-state index is 0.0347. The average Bonchev–Trinajstić information content (AvgIpc) is 2.04. The number of aliphatic hydroxyl groups is 1. The van der Waals surface area contributed by atoms with Crippen molar-refractivity contribution < 1.29 is 13.9 Å². The van der Waals surface area contributed by atoms with E-state index in [1.54, 1.807) is 12.1 Å². The van der Waals surface area contributed by atoms with Crippen molar-refractivity contribution in [1.82, 2.24) is 4.98 Å². The Kier molecular flexibility index (Phi) is 3.11. The first kappa shape index (κ1) is 9.54.